The Morgan fingerprint density at radius 3 is 2.08 bits per heavy atom. The Bertz CT molecular complexity index is 236. The molecular weight excluding hydrogens is 170 g/mol. The van der Waals surface area contributed by atoms with Crippen LogP contribution in [0.1, 0.15) is 5.56 Å². The Labute approximate surface area is 76.6 Å². The number of rotatable bonds is 2. The molecule has 0 bridgehead atoms. The van der Waals surface area contributed by atoms with E-state index in [1.165, 1.54) is 5.56 Å². The number of quaternary nitrogens is 1. The highest BCUT2D eigenvalue weighted by atomic mass is 16.4. The molecule has 1 aromatic rings. The maximum absolute atomic E-state index is 9.01. The largest absolute Gasteiger partial charge is 0.548 e. The van der Waals surface area contributed by atoms with Gasteiger partial charge in [-0.1, -0.05) is 30.3 Å². The van der Waals surface area contributed by atoms with Crippen molar-refractivity contribution in [3.8, 4) is 0 Å². The second-order valence-corrected chi connectivity index (χ2v) is 2.27. The van der Waals surface area contributed by atoms with E-state index in [4.69, 9.17) is 15.0 Å². The van der Waals surface area contributed by atoms with Crippen molar-refractivity contribution in [1.82, 2.24) is 0 Å². The number of carboxylic acid groups (broad SMARTS) is 1. The second-order valence-electron chi connectivity index (χ2n) is 2.27. The van der Waals surface area contributed by atoms with Crippen molar-refractivity contribution in [1.29, 1.82) is 0 Å². The third-order valence-corrected chi connectivity index (χ3v) is 1.26. The van der Waals surface area contributed by atoms with Gasteiger partial charge in [0.25, 0.3) is 0 Å². The summed E-state index contributed by atoms with van der Waals surface area (Å²) in [6, 6.07) is 10.2. The van der Waals surface area contributed by atoms with Gasteiger partial charge >= 0.3 is 0 Å². The molecule has 4 heteroatoms. The van der Waals surface area contributed by atoms with Crippen molar-refractivity contribution in [2.45, 2.75) is 6.54 Å². The van der Waals surface area contributed by atoms with Crippen molar-refractivity contribution >= 4 is 5.97 Å². The smallest absolute Gasteiger partial charge is 0.0997 e. The van der Waals surface area contributed by atoms with Gasteiger partial charge in [0.15, 0.2) is 0 Å². The maximum atomic E-state index is 9.01. The number of hydrogen-bond acceptors (Lipinski definition) is 3. The highest BCUT2D eigenvalue weighted by Gasteiger charge is 1.82. The Hall–Kier alpha value is -1.39. The molecule has 4 N–H and O–H groups in total. The van der Waals surface area contributed by atoms with Crippen LogP contribution in [0.15, 0.2) is 30.3 Å². The van der Waals surface area contributed by atoms with Gasteiger partial charge in [0, 0.05) is 5.56 Å². The van der Waals surface area contributed by atoms with Gasteiger partial charge in [0.2, 0.25) is 0 Å². The van der Waals surface area contributed by atoms with Crippen LogP contribution in [0.3, 0.4) is 0 Å². The third kappa shape index (κ3) is 6.99. The monoisotopic (exact) mass is 183 g/mol. The van der Waals surface area contributed by atoms with Crippen molar-refractivity contribution < 1.29 is 20.7 Å². The van der Waals surface area contributed by atoms with Crippen LogP contribution in [0.5, 0.6) is 0 Å². The predicted octanol–water partition coefficient (Wildman–Crippen LogP) is -1.84. The summed E-state index contributed by atoms with van der Waals surface area (Å²) >= 11 is 0. The Morgan fingerprint density at radius 2 is 1.85 bits per heavy atom. The first-order valence-corrected chi connectivity index (χ1v) is 3.84. The first kappa shape index (κ1) is 11.6. The third-order valence-electron chi connectivity index (χ3n) is 1.26. The lowest BCUT2D eigenvalue weighted by Crippen LogP contribution is -2.47. The van der Waals surface area contributed by atoms with Gasteiger partial charge in [0.05, 0.1) is 19.1 Å². The summed E-state index contributed by atoms with van der Waals surface area (Å²) in [6.07, 6.45) is 0. The Kier molecular flexibility index (Phi) is 6.49. The highest BCUT2D eigenvalue weighted by Crippen LogP contribution is 1.93. The molecule has 0 aliphatic heterocycles. The topological polar surface area (TPSA) is 88.0 Å². The molecule has 72 valence electrons. The van der Waals surface area contributed by atoms with E-state index in [0.717, 1.165) is 6.54 Å². The quantitative estimate of drug-likeness (QED) is 0.564. The molecule has 0 aromatic heterocycles. The molecule has 0 aliphatic rings. The van der Waals surface area contributed by atoms with Gasteiger partial charge in [0.1, 0.15) is 0 Å². The number of aliphatic hydroxyl groups excluding tert-OH is 1. The van der Waals surface area contributed by atoms with E-state index in [1.54, 1.807) is 0 Å². The molecule has 0 fully saturated rings. The van der Waals surface area contributed by atoms with Crippen LogP contribution in [0.4, 0.5) is 0 Å². The van der Waals surface area contributed by atoms with Gasteiger partial charge in [-0.05, 0) is 0 Å². The minimum Gasteiger partial charge on any atom is -0.548 e. The first-order valence-electron chi connectivity index (χ1n) is 3.84. The fourth-order valence-electron chi connectivity index (χ4n) is 0.645. The molecular formula is C9H13NO3. The Balaban J connectivity index is 0.000000252. The molecule has 1 aromatic carbocycles. The van der Waals surface area contributed by atoms with Crippen molar-refractivity contribution in [3.05, 3.63) is 35.9 Å². The number of carbonyl (C=O) groups excluding carboxylic acids is 1. The molecule has 0 unspecified atom stereocenters. The van der Waals surface area contributed by atoms with E-state index in [0.29, 0.717) is 0 Å². The van der Waals surface area contributed by atoms with Crippen molar-refractivity contribution in [2.24, 2.45) is 0 Å². The number of aliphatic carboxylic acids is 1. The first-order chi connectivity index (χ1) is 6.20. The zero-order chi connectivity index (χ0) is 10.1. The van der Waals surface area contributed by atoms with Gasteiger partial charge in [-0.15, -0.1) is 0 Å². The number of carboxylic acids is 1. The lowest BCUT2D eigenvalue weighted by molar-refractivity contribution is -0.386. The van der Waals surface area contributed by atoms with Crippen molar-refractivity contribution in [2.75, 3.05) is 6.61 Å². The molecule has 0 heterocycles. The zero-order valence-electron chi connectivity index (χ0n) is 7.27. The van der Waals surface area contributed by atoms with Crippen LogP contribution in [0.2, 0.25) is 0 Å². The minimum absolute atomic E-state index is 0.889. The van der Waals surface area contributed by atoms with Crippen LogP contribution in [-0.2, 0) is 11.3 Å². The van der Waals surface area contributed by atoms with Gasteiger partial charge in [-0.2, -0.15) is 0 Å². The minimum atomic E-state index is -1.44. The number of benzene rings is 1. The lowest BCUT2D eigenvalue weighted by atomic mass is 10.2. The van der Waals surface area contributed by atoms with Crippen LogP contribution in [-0.4, -0.2) is 17.7 Å². The summed E-state index contributed by atoms with van der Waals surface area (Å²) in [7, 11) is 0. The fourth-order valence-corrected chi connectivity index (χ4v) is 0.645. The standard InChI is InChI=1S/C7H9N.C2H4O3/c8-6-7-4-2-1-3-5-7;3-1-2(4)5/h1-5H,6,8H2;3H,1H2,(H,4,5). The summed E-state index contributed by atoms with van der Waals surface area (Å²) in [6.45, 7) is 0.000833. The normalized spacial score (nSPS) is 8.46. The molecule has 0 amide bonds. The molecule has 13 heavy (non-hydrogen) atoms. The maximum Gasteiger partial charge on any atom is 0.0997 e. The van der Waals surface area contributed by atoms with Crippen LogP contribution < -0.4 is 10.8 Å². The van der Waals surface area contributed by atoms with E-state index in [-0.39, 0.29) is 0 Å². The molecule has 1 rings (SSSR count). The van der Waals surface area contributed by atoms with Crippen molar-refractivity contribution in [3.63, 3.8) is 0 Å². The second kappa shape index (κ2) is 7.27. The summed E-state index contributed by atoms with van der Waals surface area (Å²) in [5.74, 6) is -1.44. The average molecular weight is 183 g/mol. The molecule has 0 atom stereocenters. The zero-order valence-corrected chi connectivity index (χ0v) is 7.27. The SMILES string of the molecule is O=C([O-])CO.[NH3+]Cc1ccccc1. The summed E-state index contributed by atoms with van der Waals surface area (Å²) in [5, 5.41) is 16.5. The fraction of sp³-hybridized carbons (Fsp3) is 0.222. The molecule has 0 saturated heterocycles. The van der Waals surface area contributed by atoms with E-state index < -0.39 is 12.6 Å². The molecule has 4 nitrogen and oxygen atoms in total. The van der Waals surface area contributed by atoms with E-state index in [9.17, 15) is 0 Å². The van der Waals surface area contributed by atoms with Gasteiger partial charge in [-0.25, -0.2) is 0 Å². The van der Waals surface area contributed by atoms with E-state index in [2.05, 4.69) is 17.9 Å². The molecule has 0 aliphatic carbocycles. The molecule has 0 saturated carbocycles. The summed E-state index contributed by atoms with van der Waals surface area (Å²) in [4.78, 5) is 9.01. The van der Waals surface area contributed by atoms with Crippen LogP contribution >= 0.6 is 0 Å². The van der Waals surface area contributed by atoms with Crippen LogP contribution in [0.25, 0.3) is 0 Å². The predicted molar refractivity (Wildman–Crippen MR) is 45.1 cm³/mol. The van der Waals surface area contributed by atoms with Gasteiger partial charge < -0.3 is 20.7 Å². The van der Waals surface area contributed by atoms with E-state index >= 15 is 0 Å². The Morgan fingerprint density at radius 1 is 1.38 bits per heavy atom. The summed E-state index contributed by atoms with van der Waals surface area (Å²) in [5.41, 5.74) is 5.05. The van der Waals surface area contributed by atoms with E-state index in [1.807, 2.05) is 18.2 Å². The number of aliphatic hydroxyl groups is 1. The molecule has 0 radical (unpaired) electrons. The number of carbonyl (C=O) groups is 1. The van der Waals surface area contributed by atoms with Gasteiger partial charge in [-0.3, -0.25) is 0 Å². The summed E-state index contributed by atoms with van der Waals surface area (Å²) < 4.78 is 0. The average Bonchev–Trinajstić information content (AvgIpc) is 2.20. The highest BCUT2D eigenvalue weighted by molar-refractivity contribution is 5.65. The van der Waals surface area contributed by atoms with Crippen LogP contribution in [0, 0.1) is 0 Å². The number of hydrogen-bond donors (Lipinski definition) is 2. The lowest BCUT2D eigenvalue weighted by Gasteiger charge is -1.87. The molecule has 0 spiro atoms.